The van der Waals surface area contributed by atoms with Crippen LogP contribution < -0.4 is 0 Å². The summed E-state index contributed by atoms with van der Waals surface area (Å²) in [6, 6.07) is 1.90. The Morgan fingerprint density at radius 1 is 1.38 bits per heavy atom. The fourth-order valence-electron chi connectivity index (χ4n) is 1.36. The second kappa shape index (κ2) is 4.89. The van der Waals surface area contributed by atoms with Crippen molar-refractivity contribution < 1.29 is 5.11 Å². The Morgan fingerprint density at radius 2 is 2.06 bits per heavy atom. The molecule has 0 radical (unpaired) electrons. The molecule has 0 saturated heterocycles. The predicted octanol–water partition coefficient (Wildman–Crippen LogP) is 3.85. The van der Waals surface area contributed by atoms with E-state index in [2.05, 4.69) is 52.9 Å². The number of halogens is 3. The zero-order valence-electron chi connectivity index (χ0n) is 8.12. The maximum absolute atomic E-state index is 10.3. The monoisotopic (exact) mass is 428 g/mol. The molecular weight excluding hydrogens is 424 g/mol. The minimum Gasteiger partial charge on any atom is -0.381 e. The van der Waals surface area contributed by atoms with Crippen LogP contribution in [0.2, 0.25) is 0 Å². The van der Waals surface area contributed by atoms with E-state index in [1.165, 1.54) is 11.3 Å². The summed E-state index contributed by atoms with van der Waals surface area (Å²) in [5, 5.41) is 14.3. The van der Waals surface area contributed by atoms with E-state index in [0.29, 0.717) is 0 Å². The summed E-state index contributed by atoms with van der Waals surface area (Å²) in [5.74, 6) is 0. The molecule has 0 spiro atoms. The van der Waals surface area contributed by atoms with Gasteiger partial charge >= 0.3 is 0 Å². The Labute approximate surface area is 122 Å². The van der Waals surface area contributed by atoms with Crippen LogP contribution in [0.3, 0.4) is 0 Å². The number of thiophene rings is 1. The summed E-state index contributed by atoms with van der Waals surface area (Å²) < 4.78 is 4.39. The number of aliphatic hydroxyl groups is 1. The molecule has 0 aliphatic carbocycles. The van der Waals surface area contributed by atoms with Crippen LogP contribution in [0.15, 0.2) is 25.0 Å². The molecule has 0 aliphatic heterocycles. The van der Waals surface area contributed by atoms with Crippen molar-refractivity contribution in [3.8, 4) is 0 Å². The lowest BCUT2D eigenvalue weighted by Crippen LogP contribution is -2.05. The summed E-state index contributed by atoms with van der Waals surface area (Å²) in [4.78, 5) is 0.864. The molecule has 86 valence electrons. The Hall–Kier alpha value is 0.310. The zero-order chi connectivity index (χ0) is 11.9. The van der Waals surface area contributed by atoms with Crippen molar-refractivity contribution in [3.05, 3.63) is 35.6 Å². The normalized spacial score (nSPS) is 13.1. The summed E-state index contributed by atoms with van der Waals surface area (Å²) in [6.45, 7) is 0. The first-order valence-electron chi connectivity index (χ1n) is 4.31. The number of hydrogen-bond donors (Lipinski definition) is 1. The van der Waals surface area contributed by atoms with E-state index < -0.39 is 6.10 Å². The van der Waals surface area contributed by atoms with Crippen molar-refractivity contribution in [2.45, 2.75) is 6.10 Å². The third kappa shape index (κ3) is 2.28. The lowest BCUT2D eigenvalue weighted by molar-refractivity contribution is 0.212. The molecule has 1 atom stereocenters. The number of rotatable bonds is 2. The Bertz CT molecular complexity index is 484. The highest BCUT2D eigenvalue weighted by Gasteiger charge is 2.20. The van der Waals surface area contributed by atoms with Crippen LogP contribution in [0, 0.1) is 0 Å². The van der Waals surface area contributed by atoms with Crippen molar-refractivity contribution in [2.24, 2.45) is 7.05 Å². The Kier molecular flexibility index (Phi) is 3.90. The molecule has 2 aromatic rings. The summed E-state index contributed by atoms with van der Waals surface area (Å²) >= 11 is 11.7. The standard InChI is InChI=1S/C9H7Br3N2OS/c1-14-7(5(11)3-13-14)8(15)6-2-4(10)9(12)16-6/h2-3,8,15H,1H3. The molecule has 0 bridgehead atoms. The molecule has 0 aliphatic rings. The molecular formula is C9H7Br3N2OS. The van der Waals surface area contributed by atoms with Gasteiger partial charge in [0.15, 0.2) is 0 Å². The van der Waals surface area contributed by atoms with Crippen molar-refractivity contribution >= 4 is 59.1 Å². The van der Waals surface area contributed by atoms with Gasteiger partial charge in [-0.1, -0.05) is 0 Å². The zero-order valence-corrected chi connectivity index (χ0v) is 13.7. The van der Waals surface area contributed by atoms with Gasteiger partial charge < -0.3 is 5.11 Å². The maximum Gasteiger partial charge on any atom is 0.131 e. The molecule has 0 fully saturated rings. The summed E-state index contributed by atoms with van der Waals surface area (Å²) in [7, 11) is 1.81. The molecule has 0 amide bonds. The van der Waals surface area contributed by atoms with Gasteiger partial charge in [0, 0.05) is 16.4 Å². The van der Waals surface area contributed by atoms with E-state index in [1.807, 2.05) is 6.07 Å². The second-order valence-electron chi connectivity index (χ2n) is 3.17. The van der Waals surface area contributed by atoms with Gasteiger partial charge in [-0.25, -0.2) is 0 Å². The smallest absolute Gasteiger partial charge is 0.131 e. The number of aliphatic hydroxyl groups excluding tert-OH is 1. The SMILES string of the molecule is Cn1ncc(Br)c1C(O)c1cc(Br)c(Br)s1. The first kappa shape index (κ1) is 12.8. The first-order chi connectivity index (χ1) is 7.50. The van der Waals surface area contributed by atoms with Gasteiger partial charge in [-0.3, -0.25) is 4.68 Å². The predicted molar refractivity (Wildman–Crippen MR) is 74.7 cm³/mol. The first-order valence-corrected chi connectivity index (χ1v) is 7.50. The molecule has 1 N–H and O–H groups in total. The minimum atomic E-state index is -0.672. The van der Waals surface area contributed by atoms with Gasteiger partial charge in [-0.15, -0.1) is 11.3 Å². The molecule has 2 heterocycles. The molecule has 7 heteroatoms. The Morgan fingerprint density at radius 3 is 2.50 bits per heavy atom. The maximum atomic E-state index is 10.3. The highest BCUT2D eigenvalue weighted by molar-refractivity contribution is 9.13. The summed E-state index contributed by atoms with van der Waals surface area (Å²) in [5.41, 5.74) is 0.751. The number of nitrogens with zero attached hydrogens (tertiary/aromatic N) is 2. The molecule has 16 heavy (non-hydrogen) atoms. The molecule has 2 rings (SSSR count). The average Bonchev–Trinajstić information content (AvgIpc) is 2.72. The van der Waals surface area contributed by atoms with Crippen molar-refractivity contribution in [1.82, 2.24) is 9.78 Å². The third-order valence-electron chi connectivity index (χ3n) is 2.13. The topological polar surface area (TPSA) is 38.0 Å². The van der Waals surface area contributed by atoms with E-state index >= 15 is 0 Å². The van der Waals surface area contributed by atoms with Crippen LogP contribution in [0.25, 0.3) is 0 Å². The number of aryl methyl sites for hydroxylation is 1. The Balaban J connectivity index is 2.42. The van der Waals surface area contributed by atoms with Crippen molar-refractivity contribution in [3.63, 3.8) is 0 Å². The van der Waals surface area contributed by atoms with Crippen LogP contribution >= 0.6 is 59.1 Å². The number of aromatic nitrogens is 2. The molecule has 1 unspecified atom stereocenters. The van der Waals surface area contributed by atoms with Crippen LogP contribution in [0.4, 0.5) is 0 Å². The fraction of sp³-hybridized carbons (Fsp3) is 0.222. The second-order valence-corrected chi connectivity index (χ2v) is 7.28. The van der Waals surface area contributed by atoms with Gasteiger partial charge in [0.1, 0.15) is 6.10 Å². The molecule has 3 nitrogen and oxygen atoms in total. The van der Waals surface area contributed by atoms with Crippen LogP contribution in [-0.4, -0.2) is 14.9 Å². The van der Waals surface area contributed by atoms with E-state index in [0.717, 1.165) is 23.3 Å². The van der Waals surface area contributed by atoms with E-state index in [9.17, 15) is 5.11 Å². The minimum absolute atomic E-state index is 0.672. The van der Waals surface area contributed by atoms with Gasteiger partial charge in [0.25, 0.3) is 0 Å². The number of hydrogen-bond acceptors (Lipinski definition) is 3. The molecule has 2 aromatic heterocycles. The van der Waals surface area contributed by atoms with E-state index in [-0.39, 0.29) is 0 Å². The van der Waals surface area contributed by atoms with Crippen LogP contribution in [0.5, 0.6) is 0 Å². The van der Waals surface area contributed by atoms with E-state index in [1.54, 1.807) is 17.9 Å². The van der Waals surface area contributed by atoms with Gasteiger partial charge in [0.05, 0.1) is 20.1 Å². The van der Waals surface area contributed by atoms with Gasteiger partial charge in [-0.2, -0.15) is 5.10 Å². The fourth-order valence-corrected chi connectivity index (χ4v) is 4.01. The highest BCUT2D eigenvalue weighted by atomic mass is 79.9. The van der Waals surface area contributed by atoms with Crippen LogP contribution in [-0.2, 0) is 7.05 Å². The van der Waals surface area contributed by atoms with Crippen LogP contribution in [0.1, 0.15) is 16.7 Å². The molecule has 0 saturated carbocycles. The largest absolute Gasteiger partial charge is 0.381 e. The average molecular weight is 431 g/mol. The van der Waals surface area contributed by atoms with Gasteiger partial charge in [-0.05, 0) is 53.9 Å². The molecule has 0 aromatic carbocycles. The quantitative estimate of drug-likeness (QED) is 0.785. The van der Waals surface area contributed by atoms with Crippen molar-refractivity contribution in [1.29, 1.82) is 0 Å². The lowest BCUT2D eigenvalue weighted by atomic mass is 10.2. The van der Waals surface area contributed by atoms with E-state index in [4.69, 9.17) is 0 Å². The highest BCUT2D eigenvalue weighted by Crippen LogP contribution is 2.38. The van der Waals surface area contributed by atoms with Crippen molar-refractivity contribution in [2.75, 3.05) is 0 Å². The third-order valence-corrected chi connectivity index (χ3v) is 6.05. The summed E-state index contributed by atoms with van der Waals surface area (Å²) in [6.07, 6.45) is 1.01. The van der Waals surface area contributed by atoms with Gasteiger partial charge in [0.2, 0.25) is 0 Å². The lowest BCUT2D eigenvalue weighted by Gasteiger charge is -2.09.